The number of halogens is 1. The average Bonchev–Trinajstić information content (AvgIpc) is 1.94. The van der Waals surface area contributed by atoms with Crippen molar-refractivity contribution >= 4 is 28.6 Å². The molecule has 1 aromatic carbocycles. The number of hydrogen-bond donors (Lipinski definition) is 0. The second-order valence-corrected chi connectivity index (χ2v) is 3.41. The van der Waals surface area contributed by atoms with Crippen LogP contribution in [0.1, 0.15) is 15.9 Å². The lowest BCUT2D eigenvalue weighted by molar-refractivity contribution is -0.255. The summed E-state index contributed by atoms with van der Waals surface area (Å²) in [6, 6.07) is 4.92. The standard InChI is InChI=1S/C8H7IO2/c1-5-4-6(8(10)11)2-3-7(5)9/h2-4H,1H3,(H,10,11)/p-1. The zero-order valence-electron chi connectivity index (χ0n) is 5.93. The number of hydrogen-bond acceptors (Lipinski definition) is 2. The van der Waals surface area contributed by atoms with E-state index >= 15 is 0 Å². The quantitative estimate of drug-likeness (QED) is 0.706. The largest absolute Gasteiger partial charge is 0.545 e. The maximum Gasteiger partial charge on any atom is 0.0715 e. The van der Waals surface area contributed by atoms with Crippen LogP contribution in [0.4, 0.5) is 0 Å². The molecule has 0 bridgehead atoms. The Morgan fingerprint density at radius 3 is 2.64 bits per heavy atom. The highest BCUT2D eigenvalue weighted by molar-refractivity contribution is 14.1. The van der Waals surface area contributed by atoms with Crippen LogP contribution in [0.15, 0.2) is 18.2 Å². The van der Waals surface area contributed by atoms with Gasteiger partial charge in [-0.1, -0.05) is 6.07 Å². The van der Waals surface area contributed by atoms with Gasteiger partial charge < -0.3 is 9.90 Å². The van der Waals surface area contributed by atoms with Crippen molar-refractivity contribution in [1.82, 2.24) is 0 Å². The molecule has 1 rings (SSSR count). The van der Waals surface area contributed by atoms with Crippen molar-refractivity contribution in [3.63, 3.8) is 0 Å². The number of benzene rings is 1. The van der Waals surface area contributed by atoms with Crippen molar-refractivity contribution in [1.29, 1.82) is 0 Å². The molecule has 0 heterocycles. The van der Waals surface area contributed by atoms with E-state index in [2.05, 4.69) is 22.6 Å². The van der Waals surface area contributed by atoms with E-state index in [4.69, 9.17) is 0 Å². The summed E-state index contributed by atoms with van der Waals surface area (Å²) in [5.41, 5.74) is 1.20. The Morgan fingerprint density at radius 2 is 2.18 bits per heavy atom. The molecule has 58 valence electrons. The Bertz CT molecular complexity index is 294. The molecule has 3 heteroatoms. The maximum absolute atomic E-state index is 10.4. The molecule has 11 heavy (non-hydrogen) atoms. The van der Waals surface area contributed by atoms with Gasteiger partial charge in [0.05, 0.1) is 5.97 Å². The molecular formula is C8H6IO2-. The van der Waals surface area contributed by atoms with E-state index in [9.17, 15) is 9.90 Å². The third-order valence-electron chi connectivity index (χ3n) is 1.39. The van der Waals surface area contributed by atoms with Gasteiger partial charge in [0.15, 0.2) is 0 Å². The first-order chi connectivity index (χ1) is 5.11. The fraction of sp³-hybridized carbons (Fsp3) is 0.125. The molecule has 0 spiro atoms. The van der Waals surface area contributed by atoms with Crippen LogP contribution in [-0.4, -0.2) is 5.97 Å². The van der Waals surface area contributed by atoms with Crippen LogP contribution in [0.3, 0.4) is 0 Å². The number of aromatic carboxylic acids is 1. The number of rotatable bonds is 1. The lowest BCUT2D eigenvalue weighted by Crippen LogP contribution is -2.22. The van der Waals surface area contributed by atoms with Gasteiger partial charge in [0.1, 0.15) is 0 Å². The molecular weight excluding hydrogens is 255 g/mol. The predicted octanol–water partition coefficient (Wildman–Crippen LogP) is 0.963. The molecule has 0 aliphatic heterocycles. The van der Waals surface area contributed by atoms with Gasteiger partial charge in [-0.05, 0) is 52.8 Å². The molecule has 0 aliphatic carbocycles. The molecule has 0 atom stereocenters. The fourth-order valence-corrected chi connectivity index (χ4v) is 1.11. The molecule has 0 saturated carbocycles. The van der Waals surface area contributed by atoms with E-state index in [1.807, 2.05) is 6.92 Å². The van der Waals surface area contributed by atoms with Gasteiger partial charge in [-0.3, -0.25) is 0 Å². The van der Waals surface area contributed by atoms with Crippen molar-refractivity contribution in [3.05, 3.63) is 32.9 Å². The van der Waals surface area contributed by atoms with Crippen LogP contribution in [0, 0.1) is 10.5 Å². The Kier molecular flexibility index (Phi) is 2.49. The highest BCUT2D eigenvalue weighted by Gasteiger charge is 1.96. The van der Waals surface area contributed by atoms with Gasteiger partial charge in [-0.2, -0.15) is 0 Å². The summed E-state index contributed by atoms with van der Waals surface area (Å²) in [5, 5.41) is 10.4. The highest BCUT2D eigenvalue weighted by Crippen LogP contribution is 2.12. The minimum absolute atomic E-state index is 0.239. The van der Waals surface area contributed by atoms with Crippen molar-refractivity contribution < 1.29 is 9.90 Å². The Labute approximate surface area is 78.4 Å². The molecule has 0 fully saturated rings. The molecule has 0 unspecified atom stereocenters. The van der Waals surface area contributed by atoms with Crippen LogP contribution in [-0.2, 0) is 0 Å². The average molecular weight is 261 g/mol. The fourth-order valence-electron chi connectivity index (χ4n) is 0.772. The minimum Gasteiger partial charge on any atom is -0.545 e. The molecule has 0 saturated heterocycles. The van der Waals surface area contributed by atoms with Crippen molar-refractivity contribution in [3.8, 4) is 0 Å². The van der Waals surface area contributed by atoms with Crippen molar-refractivity contribution in [2.75, 3.05) is 0 Å². The summed E-state index contributed by atoms with van der Waals surface area (Å²) in [6.45, 7) is 1.87. The van der Waals surface area contributed by atoms with Crippen LogP contribution >= 0.6 is 22.6 Å². The van der Waals surface area contributed by atoms with E-state index in [0.717, 1.165) is 9.13 Å². The maximum atomic E-state index is 10.4. The molecule has 0 N–H and O–H groups in total. The highest BCUT2D eigenvalue weighted by atomic mass is 127. The number of carboxylic acid groups (broad SMARTS) is 1. The summed E-state index contributed by atoms with van der Waals surface area (Å²) in [5.74, 6) is -1.12. The lowest BCUT2D eigenvalue weighted by atomic mass is 10.1. The number of aryl methyl sites for hydroxylation is 1. The number of carbonyl (C=O) groups excluding carboxylic acids is 1. The molecule has 0 amide bonds. The van der Waals surface area contributed by atoms with E-state index in [0.29, 0.717) is 0 Å². The second kappa shape index (κ2) is 3.21. The third-order valence-corrected chi connectivity index (χ3v) is 2.60. The van der Waals surface area contributed by atoms with Gasteiger partial charge in [-0.25, -0.2) is 0 Å². The third kappa shape index (κ3) is 1.92. The lowest BCUT2D eigenvalue weighted by Gasteiger charge is -2.03. The first-order valence-electron chi connectivity index (χ1n) is 3.09. The molecule has 2 nitrogen and oxygen atoms in total. The van der Waals surface area contributed by atoms with Crippen molar-refractivity contribution in [2.45, 2.75) is 6.92 Å². The summed E-state index contributed by atoms with van der Waals surface area (Å²) >= 11 is 2.15. The van der Waals surface area contributed by atoms with Crippen LogP contribution in [0.2, 0.25) is 0 Å². The first kappa shape index (κ1) is 8.52. The molecule has 0 radical (unpaired) electrons. The second-order valence-electron chi connectivity index (χ2n) is 2.25. The number of carboxylic acids is 1. The number of carbonyl (C=O) groups is 1. The summed E-state index contributed by atoms with van der Waals surface area (Å²) in [7, 11) is 0. The normalized spacial score (nSPS) is 9.64. The molecule has 0 aliphatic rings. The van der Waals surface area contributed by atoms with Gasteiger partial charge in [-0.15, -0.1) is 0 Å². The Hall–Kier alpha value is -0.580. The van der Waals surface area contributed by atoms with Crippen LogP contribution in [0.5, 0.6) is 0 Å². The van der Waals surface area contributed by atoms with Gasteiger partial charge in [0.25, 0.3) is 0 Å². The predicted molar refractivity (Wildman–Crippen MR) is 48.2 cm³/mol. The Balaban J connectivity index is 3.15. The van der Waals surface area contributed by atoms with Crippen LogP contribution < -0.4 is 5.11 Å². The summed E-state index contributed by atoms with van der Waals surface area (Å²) in [4.78, 5) is 10.4. The van der Waals surface area contributed by atoms with E-state index in [-0.39, 0.29) is 5.56 Å². The van der Waals surface area contributed by atoms with E-state index < -0.39 is 5.97 Å². The zero-order valence-corrected chi connectivity index (χ0v) is 8.08. The minimum atomic E-state index is -1.12. The molecule has 1 aromatic rings. The topological polar surface area (TPSA) is 40.1 Å². The van der Waals surface area contributed by atoms with Gasteiger partial charge >= 0.3 is 0 Å². The van der Waals surface area contributed by atoms with E-state index in [1.165, 1.54) is 0 Å². The van der Waals surface area contributed by atoms with Crippen molar-refractivity contribution in [2.24, 2.45) is 0 Å². The SMILES string of the molecule is Cc1cc(C(=O)[O-])ccc1I. The smallest absolute Gasteiger partial charge is 0.0715 e. The van der Waals surface area contributed by atoms with Crippen LogP contribution in [0.25, 0.3) is 0 Å². The summed E-state index contributed by atoms with van der Waals surface area (Å²) in [6.07, 6.45) is 0. The first-order valence-corrected chi connectivity index (χ1v) is 4.16. The summed E-state index contributed by atoms with van der Waals surface area (Å²) < 4.78 is 1.06. The zero-order chi connectivity index (χ0) is 8.43. The monoisotopic (exact) mass is 261 g/mol. The van der Waals surface area contributed by atoms with Gasteiger partial charge in [0, 0.05) is 3.57 Å². The van der Waals surface area contributed by atoms with Gasteiger partial charge in [0.2, 0.25) is 0 Å². The Morgan fingerprint density at radius 1 is 1.55 bits per heavy atom. The molecule has 0 aromatic heterocycles. The van der Waals surface area contributed by atoms with E-state index in [1.54, 1.807) is 18.2 Å².